The highest BCUT2D eigenvalue weighted by Gasteiger charge is 2.19. The van der Waals surface area contributed by atoms with Gasteiger partial charge >= 0.3 is 5.97 Å². The summed E-state index contributed by atoms with van der Waals surface area (Å²) in [6.07, 6.45) is 4.24. The molecular weight excluding hydrogens is 426 g/mol. The van der Waals surface area contributed by atoms with Crippen molar-refractivity contribution in [1.82, 2.24) is 5.32 Å². The van der Waals surface area contributed by atoms with E-state index in [1.807, 2.05) is 31.2 Å². The van der Waals surface area contributed by atoms with Crippen LogP contribution in [-0.2, 0) is 27.2 Å². The van der Waals surface area contributed by atoms with E-state index >= 15 is 0 Å². The Morgan fingerprint density at radius 2 is 1.88 bits per heavy atom. The zero-order valence-electron chi connectivity index (χ0n) is 18.3. The van der Waals surface area contributed by atoms with Crippen molar-refractivity contribution in [3.05, 3.63) is 53.3 Å². The molecule has 33 heavy (non-hydrogen) atoms. The van der Waals surface area contributed by atoms with Gasteiger partial charge in [0.25, 0.3) is 5.91 Å². The minimum absolute atomic E-state index is 0.190. The number of carbonyl (C=O) groups is 2. The molecule has 172 valence electrons. The number of hydrogen-bond donors (Lipinski definition) is 1. The van der Waals surface area contributed by atoms with E-state index in [4.69, 9.17) is 23.4 Å². The Kier molecular flexibility index (Phi) is 5.81. The predicted octanol–water partition coefficient (Wildman–Crippen LogP) is 3.84. The van der Waals surface area contributed by atoms with Crippen molar-refractivity contribution in [3.63, 3.8) is 0 Å². The summed E-state index contributed by atoms with van der Waals surface area (Å²) >= 11 is 0. The Hall–Kier alpha value is -3.68. The predicted molar refractivity (Wildman–Crippen MR) is 118 cm³/mol. The fourth-order valence-corrected chi connectivity index (χ4v) is 4.21. The molecule has 0 fully saturated rings. The third-order valence-corrected chi connectivity index (χ3v) is 5.92. The SMILES string of the molecule is CC(NC(=O)COC(=O)COc1ccc2oc3c(c2c1)CCCC3)c1ccc2c(c1)OCO2. The molecule has 1 aliphatic carbocycles. The number of fused-ring (bicyclic) bond motifs is 4. The number of rotatable bonds is 7. The standard InChI is InChI=1S/C25H25NO7/c1-15(16-6-8-22-23(10-16)32-14-31-22)26-24(27)12-30-25(28)13-29-17-7-9-21-19(11-17)18-4-2-3-5-20(18)33-21/h6-11,15H,2-5,12-14H2,1H3,(H,26,27). The van der Waals surface area contributed by atoms with Crippen LogP contribution in [0.25, 0.3) is 11.0 Å². The van der Waals surface area contributed by atoms with Gasteiger partial charge in [0.05, 0.1) is 6.04 Å². The van der Waals surface area contributed by atoms with E-state index in [0.29, 0.717) is 17.2 Å². The summed E-state index contributed by atoms with van der Waals surface area (Å²) in [5.74, 6) is 1.92. The van der Waals surface area contributed by atoms with E-state index in [-0.39, 0.29) is 26.0 Å². The first-order valence-corrected chi connectivity index (χ1v) is 11.1. The molecule has 0 bridgehead atoms. The third-order valence-electron chi connectivity index (χ3n) is 5.92. The smallest absolute Gasteiger partial charge is 0.344 e. The molecule has 0 saturated carbocycles. The quantitative estimate of drug-likeness (QED) is 0.545. The fourth-order valence-electron chi connectivity index (χ4n) is 4.21. The first-order valence-electron chi connectivity index (χ1n) is 11.1. The van der Waals surface area contributed by atoms with Crippen LogP contribution >= 0.6 is 0 Å². The lowest BCUT2D eigenvalue weighted by Gasteiger charge is -2.15. The molecule has 0 spiro atoms. The van der Waals surface area contributed by atoms with Crippen LogP contribution in [-0.4, -0.2) is 31.9 Å². The van der Waals surface area contributed by atoms with Gasteiger partial charge in [0.1, 0.15) is 17.1 Å². The van der Waals surface area contributed by atoms with E-state index in [1.165, 1.54) is 5.56 Å². The maximum atomic E-state index is 12.2. The van der Waals surface area contributed by atoms with Gasteiger partial charge in [-0.05, 0) is 62.1 Å². The molecule has 5 rings (SSSR count). The van der Waals surface area contributed by atoms with E-state index in [0.717, 1.165) is 48.0 Å². The van der Waals surface area contributed by atoms with Gasteiger partial charge in [0.15, 0.2) is 24.7 Å². The number of amides is 1. The first kappa shape index (κ1) is 21.2. The van der Waals surface area contributed by atoms with Crippen molar-refractivity contribution in [1.29, 1.82) is 0 Å². The Balaban J connectivity index is 1.10. The molecule has 2 aromatic carbocycles. The second-order valence-corrected chi connectivity index (χ2v) is 8.22. The summed E-state index contributed by atoms with van der Waals surface area (Å²) < 4.78 is 27.2. The lowest BCUT2D eigenvalue weighted by Crippen LogP contribution is -2.31. The number of esters is 1. The summed E-state index contributed by atoms with van der Waals surface area (Å²) in [4.78, 5) is 24.3. The van der Waals surface area contributed by atoms with E-state index < -0.39 is 11.9 Å². The second kappa shape index (κ2) is 9.05. The lowest BCUT2D eigenvalue weighted by molar-refractivity contribution is -0.150. The normalized spacial score (nSPS) is 15.1. The van der Waals surface area contributed by atoms with Gasteiger partial charge in [-0.1, -0.05) is 6.07 Å². The largest absolute Gasteiger partial charge is 0.482 e. The number of ether oxygens (including phenoxy) is 4. The average molecular weight is 451 g/mol. The summed E-state index contributed by atoms with van der Waals surface area (Å²) in [6.45, 7) is 1.36. The monoisotopic (exact) mass is 451 g/mol. The average Bonchev–Trinajstić information content (AvgIpc) is 3.45. The minimum atomic E-state index is -0.616. The number of furan rings is 1. The van der Waals surface area contributed by atoms with Crippen LogP contribution in [0.1, 0.15) is 42.7 Å². The Morgan fingerprint density at radius 3 is 2.79 bits per heavy atom. The summed E-state index contributed by atoms with van der Waals surface area (Å²) in [5.41, 5.74) is 2.93. The molecule has 1 N–H and O–H groups in total. The highest BCUT2D eigenvalue weighted by Crippen LogP contribution is 2.35. The maximum absolute atomic E-state index is 12.2. The number of nitrogens with one attached hydrogen (secondary N) is 1. The Labute approximate surface area is 190 Å². The summed E-state index contributed by atoms with van der Waals surface area (Å²) in [7, 11) is 0. The van der Waals surface area contributed by atoms with Gasteiger partial charge in [0, 0.05) is 17.4 Å². The van der Waals surface area contributed by atoms with Crippen molar-refractivity contribution in [3.8, 4) is 17.2 Å². The van der Waals surface area contributed by atoms with E-state index in [2.05, 4.69) is 5.32 Å². The van der Waals surface area contributed by atoms with Crippen LogP contribution in [0.15, 0.2) is 40.8 Å². The highest BCUT2D eigenvalue weighted by atomic mass is 16.7. The van der Waals surface area contributed by atoms with Crippen LogP contribution in [0.3, 0.4) is 0 Å². The van der Waals surface area contributed by atoms with E-state index in [1.54, 1.807) is 12.1 Å². The Morgan fingerprint density at radius 1 is 1.03 bits per heavy atom. The van der Waals surface area contributed by atoms with Crippen molar-refractivity contribution >= 4 is 22.8 Å². The molecule has 3 aromatic rings. The van der Waals surface area contributed by atoms with Crippen LogP contribution in [0, 0.1) is 0 Å². The molecule has 2 heterocycles. The van der Waals surface area contributed by atoms with Gasteiger partial charge in [-0.3, -0.25) is 4.79 Å². The van der Waals surface area contributed by atoms with Crippen molar-refractivity contribution < 1.29 is 33.0 Å². The van der Waals surface area contributed by atoms with E-state index in [9.17, 15) is 9.59 Å². The fraction of sp³-hybridized carbons (Fsp3) is 0.360. The first-order chi connectivity index (χ1) is 16.1. The Bertz CT molecular complexity index is 1200. The molecule has 2 aliphatic rings. The van der Waals surface area contributed by atoms with Crippen molar-refractivity contribution in [2.75, 3.05) is 20.0 Å². The molecule has 8 nitrogen and oxygen atoms in total. The molecule has 0 radical (unpaired) electrons. The van der Waals surface area contributed by atoms with Gasteiger partial charge in [-0.15, -0.1) is 0 Å². The van der Waals surface area contributed by atoms with Crippen LogP contribution in [0.5, 0.6) is 17.2 Å². The molecule has 1 aromatic heterocycles. The minimum Gasteiger partial charge on any atom is -0.482 e. The summed E-state index contributed by atoms with van der Waals surface area (Å²) in [5, 5.41) is 3.83. The molecule has 8 heteroatoms. The zero-order chi connectivity index (χ0) is 22.8. The topological polar surface area (TPSA) is 96.2 Å². The molecule has 1 atom stereocenters. The third kappa shape index (κ3) is 4.60. The molecule has 1 unspecified atom stereocenters. The highest BCUT2D eigenvalue weighted by molar-refractivity contribution is 5.84. The molecule has 1 amide bonds. The van der Waals surface area contributed by atoms with Gasteiger partial charge < -0.3 is 28.7 Å². The summed E-state index contributed by atoms with van der Waals surface area (Å²) in [6, 6.07) is 10.7. The maximum Gasteiger partial charge on any atom is 0.344 e. The number of carbonyl (C=O) groups excluding carboxylic acids is 2. The molecule has 1 aliphatic heterocycles. The number of benzene rings is 2. The van der Waals surface area contributed by atoms with Crippen molar-refractivity contribution in [2.24, 2.45) is 0 Å². The van der Waals surface area contributed by atoms with Crippen LogP contribution in [0.2, 0.25) is 0 Å². The van der Waals surface area contributed by atoms with Gasteiger partial charge in [0.2, 0.25) is 6.79 Å². The zero-order valence-corrected chi connectivity index (χ0v) is 18.3. The van der Waals surface area contributed by atoms with Crippen LogP contribution < -0.4 is 19.5 Å². The number of hydrogen-bond acceptors (Lipinski definition) is 7. The molecular formula is C25H25NO7. The van der Waals surface area contributed by atoms with Gasteiger partial charge in [-0.25, -0.2) is 4.79 Å². The van der Waals surface area contributed by atoms with Crippen LogP contribution in [0.4, 0.5) is 0 Å². The van der Waals surface area contributed by atoms with Crippen molar-refractivity contribution in [2.45, 2.75) is 38.6 Å². The number of aryl methyl sites for hydroxylation is 2. The molecule has 0 saturated heterocycles. The second-order valence-electron chi connectivity index (χ2n) is 8.22. The lowest BCUT2D eigenvalue weighted by atomic mass is 9.96. The van der Waals surface area contributed by atoms with Gasteiger partial charge in [-0.2, -0.15) is 0 Å².